The molecule has 28 heavy (non-hydrogen) atoms. The third kappa shape index (κ3) is 6.08. The van der Waals surface area contributed by atoms with Crippen LogP contribution in [0.1, 0.15) is 6.42 Å². The fourth-order valence-electron chi connectivity index (χ4n) is 2.68. The van der Waals surface area contributed by atoms with Gasteiger partial charge < -0.3 is 10.1 Å². The number of benzene rings is 2. The average molecular weight is 484 g/mol. The van der Waals surface area contributed by atoms with Gasteiger partial charge in [0.25, 0.3) is 5.91 Å². The lowest BCUT2D eigenvalue weighted by Gasteiger charge is -2.10. The molecule has 0 radical (unpaired) electrons. The Kier molecular flexibility index (Phi) is 6.79. The van der Waals surface area contributed by atoms with Gasteiger partial charge in [0.2, 0.25) is 0 Å². The first kappa shape index (κ1) is 20.9. The van der Waals surface area contributed by atoms with Crippen molar-refractivity contribution in [2.24, 2.45) is 5.92 Å². The van der Waals surface area contributed by atoms with Gasteiger partial charge in [-0.3, -0.25) is 9.59 Å². The summed E-state index contributed by atoms with van der Waals surface area (Å²) >= 11 is 5.00. The second kappa shape index (κ2) is 9.11. The van der Waals surface area contributed by atoms with E-state index in [0.717, 1.165) is 14.3 Å². The van der Waals surface area contributed by atoms with Crippen molar-refractivity contribution in [3.8, 4) is 0 Å². The van der Waals surface area contributed by atoms with Gasteiger partial charge in [0, 0.05) is 20.0 Å². The Morgan fingerprint density at radius 2 is 1.68 bits per heavy atom. The molecular formula is C19H18BrNO5S2. The highest BCUT2D eigenvalue weighted by atomic mass is 79.9. The molecule has 0 aromatic heterocycles. The normalized spacial score (nSPS) is 17.8. The molecule has 1 unspecified atom stereocenters. The summed E-state index contributed by atoms with van der Waals surface area (Å²) in [5, 5.41) is 2.65. The highest BCUT2D eigenvalue weighted by molar-refractivity contribution is 9.10. The van der Waals surface area contributed by atoms with Crippen LogP contribution in [0.15, 0.2) is 62.8 Å². The minimum absolute atomic E-state index is 0.0103. The molecule has 1 heterocycles. The van der Waals surface area contributed by atoms with Crippen molar-refractivity contribution >= 4 is 55.1 Å². The van der Waals surface area contributed by atoms with Crippen LogP contribution in [0.3, 0.4) is 0 Å². The summed E-state index contributed by atoms with van der Waals surface area (Å²) < 4.78 is 28.7. The van der Waals surface area contributed by atoms with Crippen LogP contribution in [0.25, 0.3) is 0 Å². The van der Waals surface area contributed by atoms with Gasteiger partial charge in [-0.2, -0.15) is 0 Å². The molecule has 1 amide bonds. The van der Waals surface area contributed by atoms with E-state index in [2.05, 4.69) is 21.2 Å². The fourth-order valence-corrected chi connectivity index (χ4v) is 5.48. The van der Waals surface area contributed by atoms with E-state index in [0.29, 0.717) is 5.69 Å². The summed E-state index contributed by atoms with van der Waals surface area (Å²) in [7, 11) is -3.16. The summed E-state index contributed by atoms with van der Waals surface area (Å²) in [4.78, 5) is 25.9. The zero-order valence-corrected chi connectivity index (χ0v) is 18.0. The Morgan fingerprint density at radius 3 is 2.25 bits per heavy atom. The number of carbonyl (C=O) groups excluding carboxylic acids is 2. The number of nitrogens with one attached hydrogen (secondary N) is 1. The molecule has 0 saturated carbocycles. The van der Waals surface area contributed by atoms with E-state index in [9.17, 15) is 18.0 Å². The molecular weight excluding hydrogens is 466 g/mol. The maximum Gasteiger partial charge on any atom is 0.310 e. The Balaban J connectivity index is 1.46. The van der Waals surface area contributed by atoms with Crippen LogP contribution in [-0.2, 0) is 24.2 Å². The van der Waals surface area contributed by atoms with E-state index in [1.165, 1.54) is 0 Å². The summed E-state index contributed by atoms with van der Waals surface area (Å²) in [5.74, 6) is -2.00. The van der Waals surface area contributed by atoms with Crippen LogP contribution in [-0.4, -0.2) is 38.4 Å². The lowest BCUT2D eigenvalue weighted by Crippen LogP contribution is -2.25. The highest BCUT2D eigenvalue weighted by Crippen LogP contribution is 2.29. The molecule has 1 atom stereocenters. The van der Waals surface area contributed by atoms with E-state index in [1.54, 1.807) is 23.9 Å². The van der Waals surface area contributed by atoms with Gasteiger partial charge in [-0.05, 0) is 55.0 Å². The predicted molar refractivity (Wildman–Crippen MR) is 111 cm³/mol. The lowest BCUT2D eigenvalue weighted by atomic mass is 10.1. The van der Waals surface area contributed by atoms with E-state index in [1.807, 2.05) is 36.4 Å². The first-order valence-corrected chi connectivity index (χ1v) is 11.9. The molecule has 1 aliphatic heterocycles. The number of ether oxygens (including phenoxy) is 1. The van der Waals surface area contributed by atoms with Gasteiger partial charge in [-0.25, -0.2) is 8.42 Å². The Bertz CT molecular complexity index is 959. The Hall–Kier alpha value is -1.84. The number of halogens is 1. The predicted octanol–water partition coefficient (Wildman–Crippen LogP) is 3.52. The number of hydrogen-bond acceptors (Lipinski definition) is 6. The molecule has 1 fully saturated rings. The highest BCUT2D eigenvalue weighted by Gasteiger charge is 2.34. The van der Waals surface area contributed by atoms with E-state index in [-0.39, 0.29) is 17.9 Å². The topological polar surface area (TPSA) is 89.5 Å². The van der Waals surface area contributed by atoms with Crippen molar-refractivity contribution in [3.63, 3.8) is 0 Å². The number of amides is 1. The number of rotatable bonds is 6. The molecule has 3 rings (SSSR count). The third-order valence-electron chi connectivity index (χ3n) is 4.10. The number of carbonyl (C=O) groups is 2. The molecule has 148 valence electrons. The second-order valence-electron chi connectivity index (χ2n) is 6.34. The number of hydrogen-bond donors (Lipinski definition) is 1. The molecule has 0 spiro atoms. The molecule has 1 N–H and O–H groups in total. The molecule has 6 nitrogen and oxygen atoms in total. The quantitative estimate of drug-likeness (QED) is 0.632. The first-order chi connectivity index (χ1) is 13.3. The van der Waals surface area contributed by atoms with E-state index in [4.69, 9.17) is 4.74 Å². The molecule has 1 aliphatic rings. The van der Waals surface area contributed by atoms with Crippen LogP contribution < -0.4 is 5.32 Å². The molecule has 0 aliphatic carbocycles. The third-order valence-corrected chi connectivity index (χ3v) is 7.41. The SMILES string of the molecule is O=C(COC(=O)C1CCS(=O)(=O)C1)Nc1ccc(Sc2ccc(Br)cc2)cc1. The smallest absolute Gasteiger partial charge is 0.310 e. The fraction of sp³-hybridized carbons (Fsp3) is 0.263. The van der Waals surface area contributed by atoms with Crippen LogP contribution in [0.4, 0.5) is 5.69 Å². The van der Waals surface area contributed by atoms with Gasteiger partial charge >= 0.3 is 5.97 Å². The monoisotopic (exact) mass is 483 g/mol. The van der Waals surface area contributed by atoms with Crippen molar-refractivity contribution < 1.29 is 22.7 Å². The molecule has 2 aromatic rings. The van der Waals surface area contributed by atoms with E-state index < -0.39 is 34.2 Å². The number of anilines is 1. The minimum Gasteiger partial charge on any atom is -0.455 e. The van der Waals surface area contributed by atoms with Gasteiger partial charge in [0.15, 0.2) is 16.4 Å². The number of esters is 1. The maximum atomic E-state index is 12.0. The van der Waals surface area contributed by atoms with Gasteiger partial charge in [-0.15, -0.1) is 0 Å². The molecule has 2 aromatic carbocycles. The van der Waals surface area contributed by atoms with Crippen LogP contribution in [0, 0.1) is 5.92 Å². The van der Waals surface area contributed by atoms with Crippen molar-refractivity contribution in [1.82, 2.24) is 0 Å². The van der Waals surface area contributed by atoms with Crippen molar-refractivity contribution in [3.05, 3.63) is 53.0 Å². The van der Waals surface area contributed by atoms with Crippen molar-refractivity contribution in [2.45, 2.75) is 16.2 Å². The zero-order valence-electron chi connectivity index (χ0n) is 14.8. The summed E-state index contributed by atoms with van der Waals surface area (Å²) in [6.07, 6.45) is 0.250. The van der Waals surface area contributed by atoms with Crippen LogP contribution in [0.5, 0.6) is 0 Å². The van der Waals surface area contributed by atoms with Gasteiger partial charge in [-0.1, -0.05) is 27.7 Å². The minimum atomic E-state index is -3.16. The van der Waals surface area contributed by atoms with Gasteiger partial charge in [0.05, 0.1) is 17.4 Å². The maximum absolute atomic E-state index is 12.0. The Labute approximate surface area is 176 Å². The van der Waals surface area contributed by atoms with Crippen LogP contribution in [0.2, 0.25) is 0 Å². The lowest BCUT2D eigenvalue weighted by molar-refractivity contribution is -0.150. The summed E-state index contributed by atoms with van der Waals surface area (Å²) in [5.41, 5.74) is 0.588. The molecule has 9 heteroatoms. The molecule has 0 bridgehead atoms. The van der Waals surface area contributed by atoms with Crippen molar-refractivity contribution in [2.75, 3.05) is 23.4 Å². The standard InChI is InChI=1S/C19H18BrNO5S2/c20-14-1-5-16(6-2-14)27-17-7-3-15(4-8-17)21-18(22)11-26-19(23)13-9-10-28(24,25)12-13/h1-8,13H,9-12H2,(H,21,22). The average Bonchev–Trinajstić information content (AvgIpc) is 3.03. The van der Waals surface area contributed by atoms with Crippen LogP contribution >= 0.6 is 27.7 Å². The number of sulfone groups is 1. The zero-order chi connectivity index (χ0) is 20.1. The summed E-state index contributed by atoms with van der Waals surface area (Å²) in [6, 6.07) is 15.3. The van der Waals surface area contributed by atoms with Crippen molar-refractivity contribution in [1.29, 1.82) is 0 Å². The Morgan fingerprint density at radius 1 is 1.07 bits per heavy atom. The first-order valence-electron chi connectivity index (χ1n) is 8.51. The molecule has 1 saturated heterocycles. The second-order valence-corrected chi connectivity index (χ2v) is 10.6. The van der Waals surface area contributed by atoms with Gasteiger partial charge in [0.1, 0.15) is 0 Å². The van der Waals surface area contributed by atoms with E-state index >= 15 is 0 Å². The largest absolute Gasteiger partial charge is 0.455 e. The summed E-state index contributed by atoms with van der Waals surface area (Å²) in [6.45, 7) is -0.440.